The van der Waals surface area contributed by atoms with Crippen molar-refractivity contribution in [2.24, 2.45) is 0 Å². The van der Waals surface area contributed by atoms with Gasteiger partial charge in [-0.2, -0.15) is 4.98 Å². The van der Waals surface area contributed by atoms with Crippen LogP contribution in [0.25, 0.3) is 0 Å². The van der Waals surface area contributed by atoms with Crippen LogP contribution in [0.2, 0.25) is 0 Å². The molecule has 2 heterocycles. The Labute approximate surface area is 91.1 Å². The summed E-state index contributed by atoms with van der Waals surface area (Å²) in [6, 6.07) is 1.69. The molecule has 0 radical (unpaired) electrons. The van der Waals surface area contributed by atoms with Gasteiger partial charge in [0.25, 0.3) is 0 Å². The second-order valence-corrected chi connectivity index (χ2v) is 2.88. The monoisotopic (exact) mass is 225 g/mol. The molecule has 0 unspecified atom stereocenters. The van der Waals surface area contributed by atoms with Gasteiger partial charge in [0.2, 0.25) is 11.7 Å². The summed E-state index contributed by atoms with van der Waals surface area (Å²) in [7, 11) is 0. The quantitative estimate of drug-likeness (QED) is 0.749. The molecule has 0 aliphatic heterocycles. The summed E-state index contributed by atoms with van der Waals surface area (Å²) in [5.74, 6) is 1.03. The Morgan fingerprint density at radius 1 is 1.38 bits per heavy atom. The highest BCUT2D eigenvalue weighted by atomic mass is 16.5. The maximum Gasteiger partial charge on any atom is 0.235 e. The van der Waals surface area contributed by atoms with Crippen molar-refractivity contribution in [1.29, 1.82) is 0 Å². The number of aliphatic hydroxyl groups excluding tert-OH is 1. The standard InChI is InChI=1S/C5H7NO2.C4H4N2O2/c1-4-2-5(3-7)8-6-4;1-3-5-4(2-7)6-8-3/h2,7H,3H2,1H3;2H,1H3. The summed E-state index contributed by atoms with van der Waals surface area (Å²) in [6.07, 6.45) is 0.538. The number of rotatable bonds is 2. The minimum absolute atomic E-state index is 0.0686. The van der Waals surface area contributed by atoms with E-state index in [1.807, 2.05) is 6.92 Å². The first-order chi connectivity index (χ1) is 7.65. The van der Waals surface area contributed by atoms with Crippen LogP contribution in [0, 0.1) is 13.8 Å². The molecule has 2 rings (SSSR count). The maximum absolute atomic E-state index is 9.83. The van der Waals surface area contributed by atoms with E-state index in [1.54, 1.807) is 13.0 Å². The molecule has 16 heavy (non-hydrogen) atoms. The van der Waals surface area contributed by atoms with Crippen molar-refractivity contribution in [2.45, 2.75) is 20.5 Å². The predicted octanol–water partition coefficient (Wildman–Crippen LogP) is 0.666. The van der Waals surface area contributed by atoms with Crippen LogP contribution in [-0.4, -0.2) is 26.7 Å². The molecule has 0 fully saturated rings. The van der Waals surface area contributed by atoms with Crippen molar-refractivity contribution in [3.63, 3.8) is 0 Å². The molecule has 0 bridgehead atoms. The van der Waals surface area contributed by atoms with E-state index in [2.05, 4.69) is 24.3 Å². The third-order valence-corrected chi connectivity index (χ3v) is 1.48. The van der Waals surface area contributed by atoms with Gasteiger partial charge >= 0.3 is 0 Å². The van der Waals surface area contributed by atoms with Crippen molar-refractivity contribution in [1.82, 2.24) is 15.3 Å². The number of carbonyl (C=O) groups is 1. The van der Waals surface area contributed by atoms with E-state index in [9.17, 15) is 4.79 Å². The largest absolute Gasteiger partial charge is 0.388 e. The molecule has 0 amide bonds. The number of nitrogens with zero attached hydrogens (tertiary/aromatic N) is 3. The van der Waals surface area contributed by atoms with E-state index in [1.165, 1.54) is 0 Å². The molecular weight excluding hydrogens is 214 g/mol. The van der Waals surface area contributed by atoms with Gasteiger partial charge < -0.3 is 14.2 Å². The highest BCUT2D eigenvalue weighted by Gasteiger charge is 1.96. The van der Waals surface area contributed by atoms with Crippen LogP contribution in [0.3, 0.4) is 0 Å². The minimum atomic E-state index is -0.0686. The first kappa shape index (κ1) is 12.1. The summed E-state index contributed by atoms with van der Waals surface area (Å²) in [4.78, 5) is 13.4. The normalized spacial score (nSPS) is 9.44. The molecule has 7 nitrogen and oxygen atoms in total. The lowest BCUT2D eigenvalue weighted by molar-refractivity contribution is 0.111. The lowest BCUT2D eigenvalue weighted by Gasteiger charge is -1.76. The molecule has 0 aliphatic carbocycles. The molecule has 0 aliphatic rings. The average Bonchev–Trinajstić information content (AvgIpc) is 2.88. The topological polar surface area (TPSA) is 102 Å². The Kier molecular flexibility index (Phi) is 4.34. The van der Waals surface area contributed by atoms with Crippen LogP contribution in [0.15, 0.2) is 15.1 Å². The molecule has 0 aromatic carbocycles. The van der Waals surface area contributed by atoms with Gasteiger partial charge in [0.05, 0.1) is 5.69 Å². The van der Waals surface area contributed by atoms with Gasteiger partial charge in [0.1, 0.15) is 6.61 Å². The van der Waals surface area contributed by atoms with Crippen LogP contribution in [0.5, 0.6) is 0 Å². The second-order valence-electron chi connectivity index (χ2n) is 2.88. The molecule has 7 heteroatoms. The number of aldehydes is 1. The van der Waals surface area contributed by atoms with Gasteiger partial charge in [-0.05, 0) is 6.92 Å². The van der Waals surface area contributed by atoms with Crippen LogP contribution >= 0.6 is 0 Å². The third-order valence-electron chi connectivity index (χ3n) is 1.48. The molecule has 2 aromatic rings. The Morgan fingerprint density at radius 3 is 2.38 bits per heavy atom. The number of aromatic nitrogens is 3. The van der Waals surface area contributed by atoms with Gasteiger partial charge in [-0.1, -0.05) is 10.3 Å². The zero-order valence-electron chi connectivity index (χ0n) is 8.88. The zero-order chi connectivity index (χ0) is 12.0. The number of aryl methyl sites for hydroxylation is 2. The van der Waals surface area contributed by atoms with Gasteiger partial charge in [-0.15, -0.1) is 0 Å². The van der Waals surface area contributed by atoms with Crippen LogP contribution in [0.1, 0.15) is 28.0 Å². The van der Waals surface area contributed by atoms with Crippen molar-refractivity contribution in [2.75, 3.05) is 0 Å². The number of aliphatic hydroxyl groups is 1. The number of hydrogen-bond donors (Lipinski definition) is 1. The Hall–Kier alpha value is -2.02. The molecule has 0 saturated carbocycles. The SMILES string of the molecule is Cc1cc(CO)on1.Cc1nc(C=O)no1. The van der Waals surface area contributed by atoms with Crippen LogP contribution in [-0.2, 0) is 6.61 Å². The van der Waals surface area contributed by atoms with E-state index in [-0.39, 0.29) is 12.4 Å². The average molecular weight is 225 g/mol. The summed E-state index contributed by atoms with van der Waals surface area (Å²) < 4.78 is 9.08. The summed E-state index contributed by atoms with van der Waals surface area (Å²) >= 11 is 0. The first-order valence-electron chi connectivity index (χ1n) is 4.44. The van der Waals surface area contributed by atoms with Crippen molar-refractivity contribution in [3.05, 3.63) is 29.2 Å². The van der Waals surface area contributed by atoms with E-state index < -0.39 is 0 Å². The number of carbonyl (C=O) groups excluding carboxylic acids is 1. The molecule has 2 aromatic heterocycles. The molecule has 0 atom stereocenters. The molecular formula is C9H11N3O4. The van der Waals surface area contributed by atoms with Crippen molar-refractivity contribution < 1.29 is 18.9 Å². The Bertz CT molecular complexity index is 449. The predicted molar refractivity (Wildman–Crippen MR) is 51.6 cm³/mol. The van der Waals surface area contributed by atoms with E-state index in [0.717, 1.165) is 5.69 Å². The zero-order valence-corrected chi connectivity index (χ0v) is 8.88. The lowest BCUT2D eigenvalue weighted by atomic mass is 10.4. The Morgan fingerprint density at radius 2 is 2.12 bits per heavy atom. The first-order valence-corrected chi connectivity index (χ1v) is 4.44. The van der Waals surface area contributed by atoms with Gasteiger partial charge in [-0.3, -0.25) is 4.79 Å². The minimum Gasteiger partial charge on any atom is -0.388 e. The van der Waals surface area contributed by atoms with E-state index in [0.29, 0.717) is 17.9 Å². The van der Waals surface area contributed by atoms with E-state index in [4.69, 9.17) is 5.11 Å². The summed E-state index contributed by atoms with van der Waals surface area (Å²) in [6.45, 7) is 3.36. The fourth-order valence-corrected chi connectivity index (χ4v) is 0.854. The molecule has 1 N–H and O–H groups in total. The van der Waals surface area contributed by atoms with Crippen molar-refractivity contribution in [3.8, 4) is 0 Å². The van der Waals surface area contributed by atoms with E-state index >= 15 is 0 Å². The fourth-order valence-electron chi connectivity index (χ4n) is 0.854. The summed E-state index contributed by atoms with van der Waals surface area (Å²) in [5, 5.41) is 15.2. The van der Waals surface area contributed by atoms with Crippen LogP contribution in [0.4, 0.5) is 0 Å². The highest BCUT2D eigenvalue weighted by Crippen LogP contribution is 1.99. The van der Waals surface area contributed by atoms with Crippen molar-refractivity contribution >= 4 is 6.29 Å². The smallest absolute Gasteiger partial charge is 0.235 e. The number of hydrogen-bond acceptors (Lipinski definition) is 7. The second kappa shape index (κ2) is 5.76. The molecule has 86 valence electrons. The van der Waals surface area contributed by atoms with Gasteiger partial charge in [0, 0.05) is 13.0 Å². The lowest BCUT2D eigenvalue weighted by Crippen LogP contribution is -1.79. The fraction of sp³-hybridized carbons (Fsp3) is 0.333. The van der Waals surface area contributed by atoms with Gasteiger partial charge in [0.15, 0.2) is 12.0 Å². The summed E-state index contributed by atoms with van der Waals surface area (Å²) in [5.41, 5.74) is 0.800. The molecule has 0 spiro atoms. The molecule has 0 saturated heterocycles. The Balaban J connectivity index is 0.000000160. The van der Waals surface area contributed by atoms with Crippen LogP contribution < -0.4 is 0 Å². The van der Waals surface area contributed by atoms with Gasteiger partial charge in [-0.25, -0.2) is 0 Å². The maximum atomic E-state index is 9.83. The third kappa shape index (κ3) is 3.62. The highest BCUT2D eigenvalue weighted by molar-refractivity contribution is 5.68.